The Morgan fingerprint density at radius 3 is 2.41 bits per heavy atom. The maximum atomic E-state index is 11.8. The molecular formula is C13H16N2O2. The zero-order valence-corrected chi connectivity index (χ0v) is 10.3. The van der Waals surface area contributed by atoms with Crippen LogP contribution >= 0.6 is 0 Å². The zero-order chi connectivity index (χ0) is 12.6. The van der Waals surface area contributed by atoms with Gasteiger partial charge in [-0.3, -0.25) is 9.59 Å². The third kappa shape index (κ3) is 1.90. The van der Waals surface area contributed by atoms with Crippen LogP contribution in [0, 0.1) is 6.92 Å². The van der Waals surface area contributed by atoms with E-state index in [-0.39, 0.29) is 6.04 Å². The summed E-state index contributed by atoms with van der Waals surface area (Å²) in [4.78, 5) is 26.3. The van der Waals surface area contributed by atoms with Crippen LogP contribution in [0.2, 0.25) is 0 Å². The molecule has 1 aromatic rings. The number of carbonyl (C=O) groups excluding carboxylic acids is 2. The molecule has 0 bridgehead atoms. The average molecular weight is 232 g/mol. The fourth-order valence-corrected chi connectivity index (χ4v) is 2.19. The van der Waals surface area contributed by atoms with Crippen molar-refractivity contribution in [2.24, 2.45) is 0 Å². The van der Waals surface area contributed by atoms with Gasteiger partial charge in [0.15, 0.2) is 0 Å². The van der Waals surface area contributed by atoms with Crippen molar-refractivity contribution in [2.75, 3.05) is 20.6 Å². The third-order valence-electron chi connectivity index (χ3n) is 3.31. The van der Waals surface area contributed by atoms with Crippen LogP contribution in [-0.4, -0.2) is 42.3 Å². The summed E-state index contributed by atoms with van der Waals surface area (Å²) in [5, 5.41) is 0. The number of aryl methyl sites for hydroxylation is 1. The van der Waals surface area contributed by atoms with Crippen molar-refractivity contribution in [3.63, 3.8) is 0 Å². The number of benzene rings is 1. The van der Waals surface area contributed by atoms with Gasteiger partial charge < -0.3 is 9.80 Å². The van der Waals surface area contributed by atoms with Crippen molar-refractivity contribution in [2.45, 2.75) is 13.0 Å². The molecule has 0 saturated carbocycles. The van der Waals surface area contributed by atoms with E-state index in [1.807, 2.05) is 31.2 Å². The first-order valence-corrected chi connectivity index (χ1v) is 5.60. The average Bonchev–Trinajstić information content (AvgIpc) is 2.32. The van der Waals surface area contributed by atoms with E-state index < -0.39 is 11.8 Å². The molecule has 0 aliphatic carbocycles. The number of rotatable bonds is 1. The lowest BCUT2D eigenvalue weighted by molar-refractivity contribution is -0.156. The van der Waals surface area contributed by atoms with Gasteiger partial charge in [-0.25, -0.2) is 0 Å². The summed E-state index contributed by atoms with van der Waals surface area (Å²) in [7, 11) is 3.35. The van der Waals surface area contributed by atoms with Crippen molar-refractivity contribution >= 4 is 11.8 Å². The fourth-order valence-electron chi connectivity index (χ4n) is 2.19. The number of likely N-dealkylation sites (N-methyl/N-ethyl adjacent to an activating group) is 2. The van der Waals surface area contributed by atoms with Crippen LogP contribution in [-0.2, 0) is 9.59 Å². The molecule has 1 aliphatic rings. The highest BCUT2D eigenvalue weighted by Crippen LogP contribution is 2.26. The van der Waals surface area contributed by atoms with E-state index in [4.69, 9.17) is 0 Å². The molecule has 2 rings (SSSR count). The normalized spacial score (nSPS) is 21.0. The van der Waals surface area contributed by atoms with Crippen molar-refractivity contribution < 1.29 is 9.59 Å². The minimum Gasteiger partial charge on any atom is -0.335 e. The summed E-state index contributed by atoms with van der Waals surface area (Å²) >= 11 is 0. The van der Waals surface area contributed by atoms with Gasteiger partial charge in [0.25, 0.3) is 0 Å². The lowest BCUT2D eigenvalue weighted by Crippen LogP contribution is -2.52. The van der Waals surface area contributed by atoms with Crippen molar-refractivity contribution in [1.29, 1.82) is 0 Å². The van der Waals surface area contributed by atoms with E-state index >= 15 is 0 Å². The number of piperazine rings is 1. The second-order valence-corrected chi connectivity index (χ2v) is 4.47. The molecule has 1 heterocycles. The first-order chi connectivity index (χ1) is 8.02. The summed E-state index contributed by atoms with van der Waals surface area (Å²) in [6, 6.07) is 7.90. The number of hydrogen-bond acceptors (Lipinski definition) is 2. The first kappa shape index (κ1) is 11.6. The molecule has 1 aromatic carbocycles. The summed E-state index contributed by atoms with van der Waals surface area (Å²) in [5.74, 6) is -0.871. The predicted octanol–water partition coefficient (Wildman–Crippen LogP) is 0.967. The standard InChI is InChI=1S/C13H16N2O2/c1-9-6-4-5-7-10(9)11-8-14(2)12(16)13(17)15(11)3/h4-7,11H,8H2,1-3H3. The molecule has 1 saturated heterocycles. The molecule has 0 aromatic heterocycles. The Kier molecular flexibility index (Phi) is 2.88. The van der Waals surface area contributed by atoms with Crippen LogP contribution in [0.4, 0.5) is 0 Å². The molecule has 4 heteroatoms. The summed E-state index contributed by atoms with van der Waals surface area (Å²) < 4.78 is 0. The van der Waals surface area contributed by atoms with Crippen molar-refractivity contribution in [3.05, 3.63) is 35.4 Å². The Bertz CT molecular complexity index is 470. The largest absolute Gasteiger partial charge is 0.335 e. The van der Waals surface area contributed by atoms with Gasteiger partial charge >= 0.3 is 11.8 Å². The topological polar surface area (TPSA) is 40.6 Å². The molecule has 17 heavy (non-hydrogen) atoms. The molecule has 0 spiro atoms. The second-order valence-electron chi connectivity index (χ2n) is 4.47. The number of amides is 2. The van der Waals surface area contributed by atoms with E-state index in [0.717, 1.165) is 11.1 Å². The maximum Gasteiger partial charge on any atom is 0.312 e. The van der Waals surface area contributed by atoms with Crippen LogP contribution in [0.3, 0.4) is 0 Å². The van der Waals surface area contributed by atoms with E-state index in [1.54, 1.807) is 14.1 Å². The molecule has 1 aliphatic heterocycles. The van der Waals surface area contributed by atoms with E-state index in [2.05, 4.69) is 0 Å². The quantitative estimate of drug-likeness (QED) is 0.677. The van der Waals surface area contributed by atoms with Gasteiger partial charge in [0.1, 0.15) is 0 Å². The van der Waals surface area contributed by atoms with E-state index in [0.29, 0.717) is 6.54 Å². The van der Waals surface area contributed by atoms with Gasteiger partial charge in [-0.2, -0.15) is 0 Å². The van der Waals surface area contributed by atoms with Gasteiger partial charge in [0.05, 0.1) is 6.04 Å². The highest BCUT2D eigenvalue weighted by Gasteiger charge is 2.36. The van der Waals surface area contributed by atoms with Crippen molar-refractivity contribution in [1.82, 2.24) is 9.80 Å². The van der Waals surface area contributed by atoms with E-state index in [1.165, 1.54) is 9.80 Å². The van der Waals surface area contributed by atoms with Gasteiger partial charge in [-0.05, 0) is 18.1 Å². The lowest BCUT2D eigenvalue weighted by atomic mass is 9.98. The molecule has 0 N–H and O–H groups in total. The van der Waals surface area contributed by atoms with Crippen LogP contribution in [0.15, 0.2) is 24.3 Å². The SMILES string of the molecule is Cc1ccccc1C1CN(C)C(=O)C(=O)N1C. The number of hydrogen-bond donors (Lipinski definition) is 0. The first-order valence-electron chi connectivity index (χ1n) is 5.60. The Labute approximate surface area is 101 Å². The molecule has 1 unspecified atom stereocenters. The Morgan fingerprint density at radius 2 is 1.76 bits per heavy atom. The molecule has 0 radical (unpaired) electrons. The van der Waals surface area contributed by atoms with E-state index in [9.17, 15) is 9.59 Å². The summed E-state index contributed by atoms with van der Waals surface area (Å²) in [5.41, 5.74) is 2.24. The second kappa shape index (κ2) is 4.20. The van der Waals surface area contributed by atoms with Crippen LogP contribution in [0.1, 0.15) is 17.2 Å². The van der Waals surface area contributed by atoms with Gasteiger partial charge in [0, 0.05) is 20.6 Å². The van der Waals surface area contributed by atoms with Crippen LogP contribution in [0.5, 0.6) is 0 Å². The molecule has 1 atom stereocenters. The Hall–Kier alpha value is -1.84. The molecule has 90 valence electrons. The Morgan fingerprint density at radius 1 is 1.12 bits per heavy atom. The Balaban J connectivity index is 2.37. The summed E-state index contributed by atoms with van der Waals surface area (Å²) in [6.07, 6.45) is 0. The van der Waals surface area contributed by atoms with Crippen molar-refractivity contribution in [3.8, 4) is 0 Å². The number of nitrogens with zero attached hydrogens (tertiary/aromatic N) is 2. The maximum absolute atomic E-state index is 11.8. The minimum atomic E-state index is -0.438. The predicted molar refractivity (Wildman–Crippen MR) is 64.3 cm³/mol. The van der Waals surface area contributed by atoms with Gasteiger partial charge in [0.2, 0.25) is 0 Å². The van der Waals surface area contributed by atoms with Gasteiger partial charge in [-0.1, -0.05) is 24.3 Å². The molecule has 4 nitrogen and oxygen atoms in total. The zero-order valence-electron chi connectivity index (χ0n) is 10.3. The summed E-state index contributed by atoms with van der Waals surface area (Å²) in [6.45, 7) is 2.57. The smallest absolute Gasteiger partial charge is 0.312 e. The highest BCUT2D eigenvalue weighted by atomic mass is 16.2. The third-order valence-corrected chi connectivity index (χ3v) is 3.31. The minimum absolute atomic E-state index is 0.0496. The van der Waals surface area contributed by atoms with Crippen LogP contribution < -0.4 is 0 Å². The molecule has 1 fully saturated rings. The van der Waals surface area contributed by atoms with Crippen LogP contribution in [0.25, 0.3) is 0 Å². The molecule has 2 amide bonds. The molecular weight excluding hydrogens is 216 g/mol. The monoisotopic (exact) mass is 232 g/mol. The number of carbonyl (C=O) groups is 2. The lowest BCUT2D eigenvalue weighted by Gasteiger charge is -2.37. The van der Waals surface area contributed by atoms with Gasteiger partial charge in [-0.15, -0.1) is 0 Å². The fraction of sp³-hybridized carbons (Fsp3) is 0.385. The highest BCUT2D eigenvalue weighted by molar-refractivity contribution is 6.35.